The van der Waals surface area contributed by atoms with Gasteiger partial charge in [-0.1, -0.05) is 31.3 Å². The van der Waals surface area contributed by atoms with Gasteiger partial charge in [0.15, 0.2) is 17.3 Å². The second-order valence-corrected chi connectivity index (χ2v) is 8.72. The minimum absolute atomic E-state index is 0.200. The third-order valence-electron chi connectivity index (χ3n) is 4.97. The molecule has 2 heterocycles. The average Bonchev–Trinajstić information content (AvgIpc) is 3.33. The van der Waals surface area contributed by atoms with E-state index in [9.17, 15) is 4.79 Å². The normalized spacial score (nSPS) is 12.0. The van der Waals surface area contributed by atoms with Crippen molar-refractivity contribution in [2.75, 3.05) is 20.8 Å². The third kappa shape index (κ3) is 4.60. The second-order valence-electron chi connectivity index (χ2n) is 7.72. The molecule has 4 aromatic rings. The smallest absolute Gasteiger partial charge is 0.291 e. The zero-order valence-corrected chi connectivity index (χ0v) is 19.3. The van der Waals surface area contributed by atoms with Gasteiger partial charge in [-0.3, -0.25) is 4.79 Å². The van der Waals surface area contributed by atoms with Crippen molar-refractivity contribution in [2.24, 2.45) is 5.92 Å². The SMILES string of the molecule is COc1ccc(-c2nc3s/c(=C\c4ccc(OCCC(C)C)c(OC)c4)c(=O)n3n2)cc1. The van der Waals surface area contributed by atoms with Gasteiger partial charge in [-0.15, -0.1) is 5.10 Å². The zero-order chi connectivity index (χ0) is 22.7. The lowest BCUT2D eigenvalue weighted by Gasteiger charge is -2.12. The summed E-state index contributed by atoms with van der Waals surface area (Å²) < 4.78 is 18.4. The molecule has 32 heavy (non-hydrogen) atoms. The van der Waals surface area contributed by atoms with Crippen molar-refractivity contribution in [1.82, 2.24) is 14.6 Å². The highest BCUT2D eigenvalue weighted by atomic mass is 32.1. The first-order valence-electron chi connectivity index (χ1n) is 10.3. The third-order valence-corrected chi connectivity index (χ3v) is 5.93. The molecule has 0 aliphatic rings. The van der Waals surface area contributed by atoms with Crippen molar-refractivity contribution in [1.29, 1.82) is 0 Å². The lowest BCUT2D eigenvalue weighted by Crippen LogP contribution is -2.23. The van der Waals surface area contributed by atoms with Crippen LogP contribution in [0.2, 0.25) is 0 Å². The summed E-state index contributed by atoms with van der Waals surface area (Å²) in [7, 11) is 3.22. The van der Waals surface area contributed by atoms with E-state index in [0.717, 1.165) is 23.3 Å². The van der Waals surface area contributed by atoms with Crippen LogP contribution in [0.5, 0.6) is 17.2 Å². The van der Waals surface area contributed by atoms with Crippen LogP contribution in [0.4, 0.5) is 0 Å². The van der Waals surface area contributed by atoms with Crippen LogP contribution < -0.4 is 24.3 Å². The molecule has 0 amide bonds. The van der Waals surface area contributed by atoms with Crippen LogP contribution in [0.15, 0.2) is 47.3 Å². The Hall–Kier alpha value is -3.39. The Balaban J connectivity index is 1.61. The van der Waals surface area contributed by atoms with Crippen LogP contribution in [-0.2, 0) is 0 Å². The summed E-state index contributed by atoms with van der Waals surface area (Å²) in [5, 5.41) is 4.39. The summed E-state index contributed by atoms with van der Waals surface area (Å²) in [5.74, 6) is 3.16. The lowest BCUT2D eigenvalue weighted by atomic mass is 10.1. The number of aromatic nitrogens is 3. The number of nitrogens with zero attached hydrogens (tertiary/aromatic N) is 3. The molecular weight excluding hydrogens is 426 g/mol. The molecule has 0 atom stereocenters. The molecule has 4 rings (SSSR count). The fourth-order valence-corrected chi connectivity index (χ4v) is 4.05. The molecule has 8 heteroatoms. The predicted molar refractivity (Wildman–Crippen MR) is 126 cm³/mol. The van der Waals surface area contributed by atoms with Crippen molar-refractivity contribution >= 4 is 22.4 Å². The summed E-state index contributed by atoms with van der Waals surface area (Å²) in [4.78, 5) is 17.9. The Morgan fingerprint density at radius 3 is 2.50 bits per heavy atom. The van der Waals surface area contributed by atoms with E-state index in [1.807, 2.05) is 48.5 Å². The molecule has 0 fully saturated rings. The highest BCUT2D eigenvalue weighted by molar-refractivity contribution is 7.15. The highest BCUT2D eigenvalue weighted by Gasteiger charge is 2.13. The Morgan fingerprint density at radius 2 is 1.84 bits per heavy atom. The Bertz CT molecular complexity index is 1330. The van der Waals surface area contributed by atoms with Crippen molar-refractivity contribution in [3.63, 3.8) is 0 Å². The summed E-state index contributed by atoms with van der Waals surface area (Å²) >= 11 is 1.30. The van der Waals surface area contributed by atoms with Gasteiger partial charge in [0, 0.05) is 5.56 Å². The zero-order valence-electron chi connectivity index (χ0n) is 18.5. The minimum Gasteiger partial charge on any atom is -0.497 e. The van der Waals surface area contributed by atoms with E-state index in [-0.39, 0.29) is 5.56 Å². The van der Waals surface area contributed by atoms with Gasteiger partial charge in [-0.2, -0.15) is 9.50 Å². The molecule has 0 saturated carbocycles. The number of hydrogen-bond acceptors (Lipinski definition) is 7. The maximum atomic E-state index is 12.9. The predicted octanol–water partition coefficient (Wildman–Crippen LogP) is 3.81. The van der Waals surface area contributed by atoms with E-state index in [4.69, 9.17) is 14.2 Å². The van der Waals surface area contributed by atoms with Gasteiger partial charge in [0.2, 0.25) is 4.96 Å². The van der Waals surface area contributed by atoms with E-state index in [2.05, 4.69) is 23.9 Å². The second kappa shape index (κ2) is 9.40. The van der Waals surface area contributed by atoms with Crippen LogP contribution in [0.3, 0.4) is 0 Å². The summed E-state index contributed by atoms with van der Waals surface area (Å²) in [6.07, 6.45) is 2.79. The van der Waals surface area contributed by atoms with Gasteiger partial charge in [0.25, 0.3) is 5.56 Å². The number of ether oxygens (including phenoxy) is 3. The minimum atomic E-state index is -0.200. The largest absolute Gasteiger partial charge is 0.497 e. The molecule has 0 N–H and O–H groups in total. The number of methoxy groups -OCH3 is 2. The summed E-state index contributed by atoms with van der Waals surface area (Å²) in [6.45, 7) is 4.95. The van der Waals surface area contributed by atoms with Gasteiger partial charge < -0.3 is 14.2 Å². The van der Waals surface area contributed by atoms with E-state index < -0.39 is 0 Å². The van der Waals surface area contributed by atoms with Crippen molar-refractivity contribution in [3.05, 3.63) is 62.9 Å². The van der Waals surface area contributed by atoms with E-state index in [0.29, 0.717) is 39.3 Å². The van der Waals surface area contributed by atoms with Crippen molar-refractivity contribution in [3.8, 4) is 28.6 Å². The maximum Gasteiger partial charge on any atom is 0.291 e. The van der Waals surface area contributed by atoms with Gasteiger partial charge >= 0.3 is 0 Å². The topological polar surface area (TPSA) is 75.0 Å². The molecule has 0 bridgehead atoms. The molecule has 166 valence electrons. The maximum absolute atomic E-state index is 12.9. The first kappa shape index (κ1) is 21.8. The summed E-state index contributed by atoms with van der Waals surface area (Å²) in [5.41, 5.74) is 1.47. The molecule has 0 radical (unpaired) electrons. The van der Waals surface area contributed by atoms with E-state index in [1.165, 1.54) is 15.9 Å². The standard InChI is InChI=1S/C24H25N3O4S/c1-15(2)11-12-31-19-10-5-16(13-20(19)30-4)14-21-23(28)27-24(32-21)25-22(26-27)17-6-8-18(29-3)9-7-17/h5-10,13-15H,11-12H2,1-4H3/b21-14-. The number of rotatable bonds is 8. The molecule has 7 nitrogen and oxygen atoms in total. The van der Waals surface area contributed by atoms with E-state index >= 15 is 0 Å². The van der Waals surface area contributed by atoms with Gasteiger partial charge in [-0.05, 0) is 60.4 Å². The fraction of sp³-hybridized carbons (Fsp3) is 0.292. The molecule has 2 aromatic carbocycles. The molecule has 0 aliphatic carbocycles. The van der Waals surface area contributed by atoms with Crippen LogP contribution in [-0.4, -0.2) is 35.4 Å². The number of benzene rings is 2. The lowest BCUT2D eigenvalue weighted by molar-refractivity contribution is 0.273. The quantitative estimate of drug-likeness (QED) is 0.406. The van der Waals surface area contributed by atoms with Crippen molar-refractivity contribution in [2.45, 2.75) is 20.3 Å². The number of thiazole rings is 1. The molecule has 0 unspecified atom stereocenters. The molecule has 0 saturated heterocycles. The summed E-state index contributed by atoms with van der Waals surface area (Å²) in [6, 6.07) is 13.1. The highest BCUT2D eigenvalue weighted by Crippen LogP contribution is 2.28. The van der Waals surface area contributed by atoms with Gasteiger partial charge in [0.1, 0.15) is 5.75 Å². The molecule has 0 spiro atoms. The Morgan fingerprint density at radius 1 is 1.06 bits per heavy atom. The van der Waals surface area contributed by atoms with Gasteiger partial charge in [0.05, 0.1) is 25.4 Å². The Kier molecular flexibility index (Phi) is 6.41. The molecule has 0 aliphatic heterocycles. The fourth-order valence-electron chi connectivity index (χ4n) is 3.15. The van der Waals surface area contributed by atoms with Crippen LogP contribution in [0.25, 0.3) is 22.4 Å². The Labute approximate surface area is 189 Å². The average molecular weight is 452 g/mol. The van der Waals surface area contributed by atoms with Crippen LogP contribution in [0, 0.1) is 5.92 Å². The van der Waals surface area contributed by atoms with Gasteiger partial charge in [-0.25, -0.2) is 0 Å². The van der Waals surface area contributed by atoms with Crippen LogP contribution in [0.1, 0.15) is 25.8 Å². The molecule has 2 aromatic heterocycles. The van der Waals surface area contributed by atoms with Crippen LogP contribution >= 0.6 is 11.3 Å². The van der Waals surface area contributed by atoms with Crippen molar-refractivity contribution < 1.29 is 14.2 Å². The molecular formula is C24H25N3O4S. The number of hydrogen-bond donors (Lipinski definition) is 0. The first-order chi connectivity index (χ1) is 15.5. The first-order valence-corrected chi connectivity index (χ1v) is 11.2. The van der Waals surface area contributed by atoms with E-state index in [1.54, 1.807) is 14.2 Å². The number of fused-ring (bicyclic) bond motifs is 1. The monoisotopic (exact) mass is 451 g/mol.